The molecule has 2 aromatic heterocycles. The van der Waals surface area contributed by atoms with Crippen molar-refractivity contribution in [3.8, 4) is 5.82 Å². The lowest BCUT2D eigenvalue weighted by Gasteiger charge is -2.07. The Kier molecular flexibility index (Phi) is 3.49. The molecular formula is C12H17N5. The second-order valence-electron chi connectivity index (χ2n) is 4.27. The van der Waals surface area contributed by atoms with Gasteiger partial charge < -0.3 is 5.32 Å². The van der Waals surface area contributed by atoms with Gasteiger partial charge in [-0.3, -0.25) is 4.98 Å². The molecule has 0 unspecified atom stereocenters. The van der Waals surface area contributed by atoms with E-state index < -0.39 is 0 Å². The lowest BCUT2D eigenvalue weighted by atomic mass is 10.2. The predicted molar refractivity (Wildman–Crippen MR) is 65.9 cm³/mol. The minimum Gasteiger partial charge on any atom is -0.310 e. The van der Waals surface area contributed by atoms with Crippen molar-refractivity contribution in [2.45, 2.75) is 33.4 Å². The Labute approximate surface area is 101 Å². The van der Waals surface area contributed by atoms with Crippen molar-refractivity contribution in [2.75, 3.05) is 0 Å². The third kappa shape index (κ3) is 2.68. The molecule has 0 aliphatic heterocycles. The highest BCUT2D eigenvalue weighted by atomic mass is 15.3. The van der Waals surface area contributed by atoms with Gasteiger partial charge in [0.15, 0.2) is 5.82 Å². The molecule has 0 aromatic carbocycles. The number of aromatic nitrogens is 4. The van der Waals surface area contributed by atoms with Crippen LogP contribution in [0, 0.1) is 6.92 Å². The maximum Gasteiger partial charge on any atom is 0.172 e. The van der Waals surface area contributed by atoms with Gasteiger partial charge in [-0.2, -0.15) is 5.10 Å². The summed E-state index contributed by atoms with van der Waals surface area (Å²) < 4.78 is 1.81. The number of nitrogens with one attached hydrogen (secondary N) is 1. The van der Waals surface area contributed by atoms with Crippen molar-refractivity contribution in [1.29, 1.82) is 0 Å². The molecule has 5 nitrogen and oxygen atoms in total. The summed E-state index contributed by atoms with van der Waals surface area (Å²) in [5, 5.41) is 7.72. The summed E-state index contributed by atoms with van der Waals surface area (Å²) in [6.45, 7) is 7.12. The van der Waals surface area contributed by atoms with Crippen LogP contribution in [-0.4, -0.2) is 25.8 Å². The van der Waals surface area contributed by atoms with Crippen LogP contribution in [0.5, 0.6) is 0 Å². The standard InChI is InChI=1S/C12H17N5/c1-9(2)15-6-11-7-16-17(10(11)3)12-8-13-4-5-14-12/h4-5,7-9,15H,6H2,1-3H3. The Morgan fingerprint density at radius 2 is 2.12 bits per heavy atom. The van der Waals surface area contributed by atoms with Gasteiger partial charge in [0.2, 0.25) is 0 Å². The molecule has 2 aromatic rings. The number of hydrogen-bond acceptors (Lipinski definition) is 4. The van der Waals surface area contributed by atoms with Crippen LogP contribution in [0.1, 0.15) is 25.1 Å². The van der Waals surface area contributed by atoms with Gasteiger partial charge in [0.05, 0.1) is 12.4 Å². The quantitative estimate of drug-likeness (QED) is 0.865. The average molecular weight is 231 g/mol. The predicted octanol–water partition coefficient (Wildman–Crippen LogP) is 1.47. The monoisotopic (exact) mass is 231 g/mol. The number of rotatable bonds is 4. The molecule has 5 heteroatoms. The summed E-state index contributed by atoms with van der Waals surface area (Å²) in [5.41, 5.74) is 2.28. The van der Waals surface area contributed by atoms with E-state index >= 15 is 0 Å². The number of hydrogen-bond donors (Lipinski definition) is 1. The van der Waals surface area contributed by atoms with E-state index in [1.165, 1.54) is 5.56 Å². The largest absolute Gasteiger partial charge is 0.310 e. The van der Waals surface area contributed by atoms with Crippen LogP contribution in [0.15, 0.2) is 24.8 Å². The van der Waals surface area contributed by atoms with Crippen LogP contribution in [0.3, 0.4) is 0 Å². The Morgan fingerprint density at radius 1 is 1.29 bits per heavy atom. The van der Waals surface area contributed by atoms with Crippen LogP contribution in [0.4, 0.5) is 0 Å². The SMILES string of the molecule is Cc1c(CNC(C)C)cnn1-c1cnccn1. The van der Waals surface area contributed by atoms with Gasteiger partial charge in [-0.05, 0) is 6.92 Å². The molecule has 1 N–H and O–H groups in total. The van der Waals surface area contributed by atoms with E-state index in [-0.39, 0.29) is 0 Å². The average Bonchev–Trinajstić information content (AvgIpc) is 2.69. The van der Waals surface area contributed by atoms with E-state index in [0.29, 0.717) is 6.04 Å². The van der Waals surface area contributed by atoms with Gasteiger partial charge in [0, 0.05) is 36.2 Å². The summed E-state index contributed by atoms with van der Waals surface area (Å²) in [4.78, 5) is 8.28. The Bertz CT molecular complexity index is 475. The minimum absolute atomic E-state index is 0.467. The van der Waals surface area contributed by atoms with Crippen molar-refractivity contribution < 1.29 is 0 Å². The first kappa shape index (κ1) is 11.7. The zero-order valence-corrected chi connectivity index (χ0v) is 10.4. The fourth-order valence-electron chi connectivity index (χ4n) is 1.56. The molecule has 0 spiro atoms. The summed E-state index contributed by atoms with van der Waals surface area (Å²) in [6.07, 6.45) is 6.91. The molecule has 0 atom stereocenters. The first-order valence-electron chi connectivity index (χ1n) is 5.71. The van der Waals surface area contributed by atoms with Gasteiger partial charge in [0.1, 0.15) is 0 Å². The van der Waals surface area contributed by atoms with Crippen LogP contribution >= 0.6 is 0 Å². The van der Waals surface area contributed by atoms with Crippen LogP contribution in [0.2, 0.25) is 0 Å². The fraction of sp³-hybridized carbons (Fsp3) is 0.417. The summed E-state index contributed by atoms with van der Waals surface area (Å²) in [6, 6.07) is 0.467. The maximum atomic E-state index is 4.34. The van der Waals surface area contributed by atoms with Gasteiger partial charge in [-0.15, -0.1) is 0 Å². The molecule has 0 fully saturated rings. The molecule has 0 amide bonds. The van der Waals surface area contributed by atoms with Crippen LogP contribution < -0.4 is 5.32 Å². The third-order valence-electron chi connectivity index (χ3n) is 2.58. The molecule has 0 bridgehead atoms. The first-order valence-corrected chi connectivity index (χ1v) is 5.71. The molecule has 17 heavy (non-hydrogen) atoms. The summed E-state index contributed by atoms with van der Waals surface area (Å²) >= 11 is 0. The second-order valence-corrected chi connectivity index (χ2v) is 4.27. The van der Waals surface area contributed by atoms with E-state index in [9.17, 15) is 0 Å². The Hall–Kier alpha value is -1.75. The normalized spacial score (nSPS) is 11.1. The molecule has 90 valence electrons. The van der Waals surface area contributed by atoms with E-state index in [1.54, 1.807) is 18.6 Å². The molecule has 0 radical (unpaired) electrons. The summed E-state index contributed by atoms with van der Waals surface area (Å²) in [7, 11) is 0. The van der Waals surface area contributed by atoms with Gasteiger partial charge in [0.25, 0.3) is 0 Å². The topological polar surface area (TPSA) is 55.6 Å². The summed E-state index contributed by atoms with van der Waals surface area (Å²) in [5.74, 6) is 0.751. The Balaban J connectivity index is 2.21. The minimum atomic E-state index is 0.467. The van der Waals surface area contributed by atoms with E-state index in [0.717, 1.165) is 18.1 Å². The van der Waals surface area contributed by atoms with Crippen molar-refractivity contribution >= 4 is 0 Å². The van der Waals surface area contributed by atoms with E-state index in [2.05, 4.69) is 34.2 Å². The lowest BCUT2D eigenvalue weighted by molar-refractivity contribution is 0.587. The van der Waals surface area contributed by atoms with Crippen molar-refractivity contribution in [2.24, 2.45) is 0 Å². The maximum absolute atomic E-state index is 4.34. The second kappa shape index (κ2) is 5.05. The molecule has 2 heterocycles. The van der Waals surface area contributed by atoms with Gasteiger partial charge in [-0.1, -0.05) is 13.8 Å². The van der Waals surface area contributed by atoms with Crippen LogP contribution in [-0.2, 0) is 6.54 Å². The lowest BCUT2D eigenvalue weighted by Crippen LogP contribution is -2.22. The zero-order valence-electron chi connectivity index (χ0n) is 10.4. The van der Waals surface area contributed by atoms with Crippen molar-refractivity contribution in [3.05, 3.63) is 36.0 Å². The smallest absolute Gasteiger partial charge is 0.172 e. The number of nitrogens with zero attached hydrogens (tertiary/aromatic N) is 4. The highest BCUT2D eigenvalue weighted by Gasteiger charge is 2.08. The molecule has 0 saturated carbocycles. The van der Waals surface area contributed by atoms with Gasteiger partial charge >= 0.3 is 0 Å². The molecular weight excluding hydrogens is 214 g/mol. The molecule has 0 aliphatic rings. The Morgan fingerprint density at radius 3 is 2.76 bits per heavy atom. The fourth-order valence-corrected chi connectivity index (χ4v) is 1.56. The molecule has 2 rings (SSSR count). The first-order chi connectivity index (χ1) is 8.18. The molecule has 0 aliphatic carbocycles. The van der Waals surface area contributed by atoms with Gasteiger partial charge in [-0.25, -0.2) is 9.67 Å². The van der Waals surface area contributed by atoms with E-state index in [4.69, 9.17) is 0 Å². The zero-order chi connectivity index (χ0) is 12.3. The molecule has 0 saturated heterocycles. The van der Waals surface area contributed by atoms with Crippen molar-refractivity contribution in [1.82, 2.24) is 25.1 Å². The van der Waals surface area contributed by atoms with Crippen LogP contribution in [0.25, 0.3) is 5.82 Å². The highest BCUT2D eigenvalue weighted by Crippen LogP contribution is 2.11. The third-order valence-corrected chi connectivity index (χ3v) is 2.58. The van der Waals surface area contributed by atoms with E-state index in [1.807, 2.05) is 17.8 Å². The highest BCUT2D eigenvalue weighted by molar-refractivity contribution is 5.25. The van der Waals surface area contributed by atoms with Crippen molar-refractivity contribution in [3.63, 3.8) is 0 Å².